The van der Waals surface area contributed by atoms with Crippen LogP contribution in [0.2, 0.25) is 0 Å². The summed E-state index contributed by atoms with van der Waals surface area (Å²) in [6.45, 7) is 6.01. The molecule has 25 heavy (non-hydrogen) atoms. The lowest BCUT2D eigenvalue weighted by Crippen LogP contribution is -2.45. The number of ether oxygens (including phenoxy) is 3. The molecule has 0 spiro atoms. The third-order valence-corrected chi connectivity index (χ3v) is 3.74. The summed E-state index contributed by atoms with van der Waals surface area (Å²) in [4.78, 5) is 20.9. The molecule has 0 amide bonds. The van der Waals surface area contributed by atoms with Crippen LogP contribution in [0.4, 0.5) is 0 Å². The van der Waals surface area contributed by atoms with Crippen molar-refractivity contribution in [2.45, 2.75) is 26.8 Å². The second kappa shape index (κ2) is 8.11. The molecule has 1 aromatic heterocycles. The van der Waals surface area contributed by atoms with Crippen LogP contribution in [0, 0.1) is 5.92 Å². The molecule has 9 heteroatoms. The molecule has 8 nitrogen and oxygen atoms in total. The van der Waals surface area contributed by atoms with Gasteiger partial charge in [0, 0.05) is 5.70 Å². The number of hydrogen-bond acceptors (Lipinski definition) is 7. The summed E-state index contributed by atoms with van der Waals surface area (Å²) in [7, 11) is 2.97. The summed E-state index contributed by atoms with van der Waals surface area (Å²) in [5.41, 5.74) is 1.45. The molecule has 0 aliphatic carbocycles. The van der Waals surface area contributed by atoms with Crippen LogP contribution in [-0.4, -0.2) is 41.9 Å². The van der Waals surface area contributed by atoms with Crippen LogP contribution in [0.5, 0.6) is 11.8 Å². The van der Waals surface area contributed by atoms with E-state index in [1.165, 1.54) is 20.5 Å². The quantitative estimate of drug-likeness (QED) is 0.573. The largest absolute Gasteiger partial charge is 0.481 e. The normalized spacial score (nSPS) is 17.0. The smallest absolute Gasteiger partial charge is 0.338 e. The van der Waals surface area contributed by atoms with Crippen LogP contribution in [0.15, 0.2) is 17.6 Å². The fourth-order valence-corrected chi connectivity index (χ4v) is 2.71. The van der Waals surface area contributed by atoms with Gasteiger partial charge in [-0.3, -0.25) is 0 Å². The number of hydrogen-bond donors (Lipinski definition) is 2. The third-order valence-electron chi connectivity index (χ3n) is 3.52. The molecule has 1 atom stereocenters. The Morgan fingerprint density at radius 3 is 2.40 bits per heavy atom. The molecule has 0 fully saturated rings. The summed E-state index contributed by atoms with van der Waals surface area (Å²) in [5, 5.41) is 6.37. The molecule has 1 aromatic rings. The maximum Gasteiger partial charge on any atom is 0.338 e. The summed E-state index contributed by atoms with van der Waals surface area (Å²) in [6.07, 6.45) is 1.33. The van der Waals surface area contributed by atoms with Gasteiger partial charge in [-0.1, -0.05) is 13.8 Å². The first-order valence-corrected chi connectivity index (χ1v) is 8.18. The second-order valence-electron chi connectivity index (χ2n) is 5.87. The van der Waals surface area contributed by atoms with Gasteiger partial charge in [0.25, 0.3) is 0 Å². The number of thiocarbonyl (C=S) groups is 1. The minimum atomic E-state index is -0.653. The van der Waals surface area contributed by atoms with E-state index in [0.717, 1.165) is 0 Å². The first kappa shape index (κ1) is 18.9. The molecular formula is C16H22N4O4S. The van der Waals surface area contributed by atoms with E-state index in [2.05, 4.69) is 20.6 Å². The van der Waals surface area contributed by atoms with Gasteiger partial charge in [-0.25, -0.2) is 14.8 Å². The summed E-state index contributed by atoms with van der Waals surface area (Å²) < 4.78 is 16.1. The molecule has 2 rings (SSSR count). The van der Waals surface area contributed by atoms with Crippen molar-refractivity contribution in [3.8, 4) is 11.8 Å². The van der Waals surface area contributed by atoms with Crippen molar-refractivity contribution < 1.29 is 19.0 Å². The second-order valence-corrected chi connectivity index (χ2v) is 6.28. The number of nitrogens with zero attached hydrogens (tertiary/aromatic N) is 2. The molecule has 1 unspecified atom stereocenters. The Hall–Kier alpha value is -2.42. The fraction of sp³-hybridized carbons (Fsp3) is 0.500. The highest BCUT2D eigenvalue weighted by molar-refractivity contribution is 7.80. The molecule has 1 aliphatic rings. The lowest BCUT2D eigenvalue weighted by atomic mass is 9.96. The van der Waals surface area contributed by atoms with E-state index in [4.69, 9.17) is 26.4 Å². The van der Waals surface area contributed by atoms with Crippen LogP contribution < -0.4 is 20.1 Å². The van der Waals surface area contributed by atoms with Crippen molar-refractivity contribution in [1.29, 1.82) is 0 Å². The van der Waals surface area contributed by atoms with Crippen molar-refractivity contribution in [2.24, 2.45) is 5.92 Å². The van der Waals surface area contributed by atoms with Gasteiger partial charge >= 0.3 is 5.97 Å². The molecule has 1 aliphatic heterocycles. The van der Waals surface area contributed by atoms with Gasteiger partial charge in [-0.2, -0.15) is 0 Å². The summed E-state index contributed by atoms with van der Waals surface area (Å²) >= 11 is 5.23. The predicted octanol–water partition coefficient (Wildman–Crippen LogP) is 1.49. The van der Waals surface area contributed by atoms with E-state index < -0.39 is 12.0 Å². The zero-order chi connectivity index (χ0) is 18.6. The van der Waals surface area contributed by atoms with Gasteiger partial charge < -0.3 is 24.8 Å². The van der Waals surface area contributed by atoms with Gasteiger partial charge in [0.2, 0.25) is 11.8 Å². The topological polar surface area (TPSA) is 94.6 Å². The molecule has 0 aromatic carbocycles. The first-order valence-electron chi connectivity index (χ1n) is 7.77. The third kappa shape index (κ3) is 4.16. The van der Waals surface area contributed by atoms with Gasteiger partial charge in [-0.05, 0) is 25.1 Å². The summed E-state index contributed by atoms with van der Waals surface area (Å²) in [5.74, 6) is 0.344. The van der Waals surface area contributed by atoms with Crippen LogP contribution in [0.3, 0.4) is 0 Å². The van der Waals surface area contributed by atoms with Crippen molar-refractivity contribution >= 4 is 23.3 Å². The van der Waals surface area contributed by atoms with Crippen LogP contribution in [0.25, 0.3) is 0 Å². The van der Waals surface area contributed by atoms with E-state index in [0.29, 0.717) is 28.6 Å². The van der Waals surface area contributed by atoms with E-state index in [-0.39, 0.29) is 17.7 Å². The van der Waals surface area contributed by atoms with E-state index >= 15 is 0 Å². The number of esters is 1. The maximum atomic E-state index is 12.7. The average molecular weight is 366 g/mol. The van der Waals surface area contributed by atoms with E-state index in [1.54, 1.807) is 6.92 Å². The first-order chi connectivity index (χ1) is 11.9. The lowest BCUT2D eigenvalue weighted by molar-refractivity contribution is -0.140. The summed E-state index contributed by atoms with van der Waals surface area (Å²) in [6, 6.07) is -0.653. The van der Waals surface area contributed by atoms with Crippen molar-refractivity contribution in [3.63, 3.8) is 0 Å². The Labute approximate surface area is 152 Å². The molecule has 0 radical (unpaired) electrons. The highest BCUT2D eigenvalue weighted by Crippen LogP contribution is 2.37. The average Bonchev–Trinajstić information content (AvgIpc) is 2.58. The van der Waals surface area contributed by atoms with Gasteiger partial charge in [0.15, 0.2) is 5.11 Å². The molecule has 136 valence electrons. The Morgan fingerprint density at radius 2 is 1.88 bits per heavy atom. The monoisotopic (exact) mass is 366 g/mol. The molecule has 2 heterocycles. The number of nitrogens with one attached hydrogen (secondary N) is 2. The van der Waals surface area contributed by atoms with Crippen molar-refractivity contribution in [1.82, 2.24) is 20.6 Å². The highest BCUT2D eigenvalue weighted by Gasteiger charge is 2.36. The molecular weight excluding hydrogens is 344 g/mol. The minimum absolute atomic E-state index is 0.220. The van der Waals surface area contributed by atoms with Gasteiger partial charge in [0.1, 0.15) is 11.9 Å². The highest BCUT2D eigenvalue weighted by atomic mass is 32.1. The zero-order valence-electron chi connectivity index (χ0n) is 14.9. The number of aromatic nitrogens is 2. The SMILES string of the molecule is COc1ncnc(OC)c1C1NC(=S)NC(C)=C1C(=O)OCC(C)C. The lowest BCUT2D eigenvalue weighted by Gasteiger charge is -2.30. The number of methoxy groups -OCH3 is 2. The molecule has 0 saturated heterocycles. The predicted molar refractivity (Wildman–Crippen MR) is 95.2 cm³/mol. The van der Waals surface area contributed by atoms with E-state index in [1.807, 2.05) is 13.8 Å². The van der Waals surface area contributed by atoms with Gasteiger partial charge in [-0.15, -0.1) is 0 Å². The Balaban J connectivity index is 2.52. The number of carbonyl (C=O) groups excluding carboxylic acids is 1. The van der Waals surface area contributed by atoms with Crippen molar-refractivity contribution in [2.75, 3.05) is 20.8 Å². The molecule has 2 N–H and O–H groups in total. The molecule has 0 bridgehead atoms. The Kier molecular flexibility index (Phi) is 6.13. The van der Waals surface area contributed by atoms with Crippen LogP contribution in [-0.2, 0) is 9.53 Å². The van der Waals surface area contributed by atoms with E-state index in [9.17, 15) is 4.79 Å². The Morgan fingerprint density at radius 1 is 1.28 bits per heavy atom. The van der Waals surface area contributed by atoms with Gasteiger partial charge in [0.05, 0.1) is 32.4 Å². The molecule has 0 saturated carbocycles. The fourth-order valence-electron chi connectivity index (χ4n) is 2.44. The van der Waals surface area contributed by atoms with Crippen molar-refractivity contribution in [3.05, 3.63) is 23.2 Å². The van der Waals surface area contributed by atoms with Crippen LogP contribution in [0.1, 0.15) is 32.4 Å². The number of rotatable bonds is 6. The zero-order valence-corrected chi connectivity index (χ0v) is 15.7. The number of allylic oxidation sites excluding steroid dienone is 1. The Bertz CT molecular complexity index is 683. The maximum absolute atomic E-state index is 12.7. The van der Waals surface area contributed by atoms with Crippen LogP contribution >= 0.6 is 12.2 Å². The minimum Gasteiger partial charge on any atom is -0.481 e. The standard InChI is InChI=1S/C16H22N4O4S/c1-8(2)6-24-15(21)10-9(3)19-16(25)20-12(10)11-13(22-4)17-7-18-14(11)23-5/h7-8,12H,6H2,1-5H3,(H2,19,20,25). The number of carbonyl (C=O) groups is 1.